The number of thiazole rings is 1. The summed E-state index contributed by atoms with van der Waals surface area (Å²) in [7, 11) is 0. The Labute approximate surface area is 120 Å². The summed E-state index contributed by atoms with van der Waals surface area (Å²) in [5, 5.41) is 1.71. The summed E-state index contributed by atoms with van der Waals surface area (Å²) in [6.07, 6.45) is 0. The maximum Gasteiger partial charge on any atom is 0.124 e. The molecule has 0 bridgehead atoms. The predicted molar refractivity (Wildman–Crippen MR) is 81.2 cm³/mol. The lowest BCUT2D eigenvalue weighted by atomic mass is 10.2. The Hall–Kier alpha value is -1.58. The van der Waals surface area contributed by atoms with Crippen molar-refractivity contribution >= 4 is 33.2 Å². The van der Waals surface area contributed by atoms with Crippen molar-refractivity contribution in [1.29, 1.82) is 0 Å². The second-order valence-electron chi connectivity index (χ2n) is 4.09. The van der Waals surface area contributed by atoms with Crippen molar-refractivity contribution in [2.45, 2.75) is 6.92 Å². The molecule has 3 aromatic rings. The Balaban J connectivity index is 2.06. The van der Waals surface area contributed by atoms with Gasteiger partial charge in [0.05, 0.1) is 16.8 Å². The third-order valence-electron chi connectivity index (χ3n) is 2.74. The summed E-state index contributed by atoms with van der Waals surface area (Å²) in [4.78, 5) is 4.63. The van der Waals surface area contributed by atoms with Gasteiger partial charge in [0.1, 0.15) is 10.8 Å². The Morgan fingerprint density at radius 2 is 2.11 bits per heavy atom. The Kier molecular flexibility index (Phi) is 3.40. The first kappa shape index (κ1) is 12.5. The summed E-state index contributed by atoms with van der Waals surface area (Å²) < 4.78 is 6.63. The molecule has 0 fully saturated rings. The van der Waals surface area contributed by atoms with Crippen LogP contribution >= 0.6 is 22.9 Å². The number of aromatic nitrogens is 1. The average molecular weight is 290 g/mol. The molecule has 0 aliphatic heterocycles. The van der Waals surface area contributed by atoms with E-state index in [0.29, 0.717) is 6.61 Å². The zero-order chi connectivity index (χ0) is 13.2. The fraction of sp³-hybridized carbons (Fsp3) is 0.133. The van der Waals surface area contributed by atoms with E-state index in [2.05, 4.69) is 4.98 Å². The van der Waals surface area contributed by atoms with Crippen LogP contribution in [0.4, 0.5) is 0 Å². The Morgan fingerprint density at radius 1 is 1.21 bits per heavy atom. The molecule has 0 radical (unpaired) electrons. The first-order valence-corrected chi connectivity index (χ1v) is 7.25. The van der Waals surface area contributed by atoms with Gasteiger partial charge in [-0.05, 0) is 37.3 Å². The van der Waals surface area contributed by atoms with Gasteiger partial charge in [-0.25, -0.2) is 4.98 Å². The van der Waals surface area contributed by atoms with Crippen molar-refractivity contribution in [1.82, 2.24) is 4.98 Å². The van der Waals surface area contributed by atoms with Gasteiger partial charge >= 0.3 is 0 Å². The Morgan fingerprint density at radius 3 is 2.89 bits per heavy atom. The van der Waals surface area contributed by atoms with Crippen LogP contribution in [0.5, 0.6) is 5.75 Å². The molecule has 0 atom stereocenters. The summed E-state index contributed by atoms with van der Waals surface area (Å²) in [6, 6.07) is 13.7. The summed E-state index contributed by atoms with van der Waals surface area (Å²) in [6.45, 7) is 2.65. The van der Waals surface area contributed by atoms with E-state index in [1.807, 2.05) is 49.4 Å². The van der Waals surface area contributed by atoms with E-state index in [1.165, 1.54) is 0 Å². The molecule has 0 aliphatic rings. The second-order valence-corrected chi connectivity index (χ2v) is 5.56. The van der Waals surface area contributed by atoms with E-state index in [9.17, 15) is 0 Å². The SMILES string of the molecule is CCOc1ccc2nc(-c3cccc(Cl)c3)sc2c1. The minimum atomic E-state index is 0.672. The molecule has 19 heavy (non-hydrogen) atoms. The van der Waals surface area contributed by atoms with Crippen molar-refractivity contribution in [3.8, 4) is 16.3 Å². The molecule has 96 valence electrons. The van der Waals surface area contributed by atoms with E-state index < -0.39 is 0 Å². The summed E-state index contributed by atoms with van der Waals surface area (Å²) >= 11 is 7.67. The van der Waals surface area contributed by atoms with Crippen LogP contribution in [0.15, 0.2) is 42.5 Å². The molecule has 0 amide bonds. The molecule has 4 heteroatoms. The molecule has 1 heterocycles. The van der Waals surface area contributed by atoms with Crippen molar-refractivity contribution in [2.24, 2.45) is 0 Å². The van der Waals surface area contributed by atoms with Gasteiger partial charge in [0.25, 0.3) is 0 Å². The molecule has 2 nitrogen and oxygen atoms in total. The lowest BCUT2D eigenvalue weighted by Crippen LogP contribution is -1.89. The van der Waals surface area contributed by atoms with Crippen LogP contribution in [0.3, 0.4) is 0 Å². The van der Waals surface area contributed by atoms with E-state index in [4.69, 9.17) is 16.3 Å². The molecule has 0 spiro atoms. The molecule has 0 saturated carbocycles. The van der Waals surface area contributed by atoms with Crippen molar-refractivity contribution < 1.29 is 4.74 Å². The highest BCUT2D eigenvalue weighted by atomic mass is 35.5. The number of fused-ring (bicyclic) bond motifs is 1. The van der Waals surface area contributed by atoms with Crippen LogP contribution in [0, 0.1) is 0 Å². The van der Waals surface area contributed by atoms with Gasteiger partial charge in [-0.2, -0.15) is 0 Å². The van der Waals surface area contributed by atoms with Gasteiger partial charge in [-0.1, -0.05) is 23.7 Å². The minimum Gasteiger partial charge on any atom is -0.494 e. The van der Waals surface area contributed by atoms with Crippen LogP contribution in [-0.2, 0) is 0 Å². The number of benzene rings is 2. The lowest BCUT2D eigenvalue weighted by Gasteiger charge is -2.00. The molecule has 0 saturated heterocycles. The number of rotatable bonds is 3. The third kappa shape index (κ3) is 2.57. The average Bonchev–Trinajstić information content (AvgIpc) is 2.82. The van der Waals surface area contributed by atoms with E-state index >= 15 is 0 Å². The number of ether oxygens (including phenoxy) is 1. The van der Waals surface area contributed by atoms with E-state index in [-0.39, 0.29) is 0 Å². The predicted octanol–water partition coefficient (Wildman–Crippen LogP) is 5.02. The van der Waals surface area contributed by atoms with Gasteiger partial charge in [0.15, 0.2) is 0 Å². The fourth-order valence-corrected chi connectivity index (χ4v) is 3.09. The van der Waals surface area contributed by atoms with Crippen LogP contribution in [0.1, 0.15) is 6.92 Å². The smallest absolute Gasteiger partial charge is 0.124 e. The quantitative estimate of drug-likeness (QED) is 0.676. The highest BCUT2D eigenvalue weighted by molar-refractivity contribution is 7.21. The number of nitrogens with zero attached hydrogens (tertiary/aromatic N) is 1. The first-order chi connectivity index (χ1) is 9.26. The zero-order valence-corrected chi connectivity index (χ0v) is 12.0. The maximum absolute atomic E-state index is 6.02. The van der Waals surface area contributed by atoms with Gasteiger partial charge in [-0.15, -0.1) is 11.3 Å². The highest BCUT2D eigenvalue weighted by Crippen LogP contribution is 2.33. The Bertz CT molecular complexity index is 723. The number of hydrogen-bond acceptors (Lipinski definition) is 3. The molecular formula is C15H12ClNOS. The molecule has 0 aliphatic carbocycles. The van der Waals surface area contributed by atoms with Crippen molar-refractivity contribution in [3.63, 3.8) is 0 Å². The van der Waals surface area contributed by atoms with Gasteiger partial charge in [0, 0.05) is 10.6 Å². The summed E-state index contributed by atoms with van der Waals surface area (Å²) in [5.41, 5.74) is 2.04. The highest BCUT2D eigenvalue weighted by Gasteiger charge is 2.07. The summed E-state index contributed by atoms with van der Waals surface area (Å²) in [5.74, 6) is 0.885. The second kappa shape index (κ2) is 5.19. The molecule has 3 rings (SSSR count). The monoisotopic (exact) mass is 289 g/mol. The van der Waals surface area contributed by atoms with Gasteiger partial charge in [0.2, 0.25) is 0 Å². The molecule has 0 N–H and O–H groups in total. The topological polar surface area (TPSA) is 22.1 Å². The van der Waals surface area contributed by atoms with Crippen LogP contribution in [0.25, 0.3) is 20.8 Å². The lowest BCUT2D eigenvalue weighted by molar-refractivity contribution is 0.341. The first-order valence-electron chi connectivity index (χ1n) is 6.05. The maximum atomic E-state index is 6.02. The third-order valence-corrected chi connectivity index (χ3v) is 4.04. The van der Waals surface area contributed by atoms with Crippen LogP contribution in [-0.4, -0.2) is 11.6 Å². The van der Waals surface area contributed by atoms with Crippen LogP contribution < -0.4 is 4.74 Å². The van der Waals surface area contributed by atoms with E-state index in [1.54, 1.807) is 11.3 Å². The zero-order valence-electron chi connectivity index (χ0n) is 10.4. The number of halogens is 1. The standard InChI is InChI=1S/C15H12ClNOS/c1-2-18-12-6-7-13-14(9-12)19-15(17-13)10-4-3-5-11(16)8-10/h3-9H,2H2,1H3. The van der Waals surface area contributed by atoms with E-state index in [0.717, 1.165) is 31.6 Å². The molecular weight excluding hydrogens is 278 g/mol. The largest absolute Gasteiger partial charge is 0.494 e. The van der Waals surface area contributed by atoms with Crippen molar-refractivity contribution in [2.75, 3.05) is 6.61 Å². The molecule has 1 aromatic heterocycles. The molecule has 0 unspecified atom stereocenters. The van der Waals surface area contributed by atoms with Crippen LogP contribution in [0.2, 0.25) is 5.02 Å². The minimum absolute atomic E-state index is 0.672. The van der Waals surface area contributed by atoms with Gasteiger partial charge in [-0.3, -0.25) is 0 Å². The number of hydrogen-bond donors (Lipinski definition) is 0. The molecule has 2 aromatic carbocycles. The van der Waals surface area contributed by atoms with Gasteiger partial charge < -0.3 is 4.74 Å². The fourth-order valence-electron chi connectivity index (χ4n) is 1.91. The van der Waals surface area contributed by atoms with Crippen molar-refractivity contribution in [3.05, 3.63) is 47.5 Å². The normalized spacial score (nSPS) is 10.8.